The maximum absolute atomic E-state index is 11.0. The zero-order chi connectivity index (χ0) is 9.26. The summed E-state index contributed by atoms with van der Waals surface area (Å²) in [7, 11) is 0. The number of fused-ring (bicyclic) bond motifs is 2. The Morgan fingerprint density at radius 3 is 3.23 bits per heavy atom. The first-order valence-corrected chi connectivity index (χ1v) is 4.84. The Kier molecular flexibility index (Phi) is 2.36. The molecule has 2 unspecified atom stereocenters. The van der Waals surface area contributed by atoms with Gasteiger partial charge in [-0.15, -0.1) is 0 Å². The molecule has 3 heteroatoms. The minimum atomic E-state index is -0.146. The topological polar surface area (TPSA) is 35.5 Å². The van der Waals surface area contributed by atoms with Gasteiger partial charge >= 0.3 is 5.97 Å². The van der Waals surface area contributed by atoms with Crippen molar-refractivity contribution >= 4 is 5.97 Å². The fraction of sp³-hybridized carbons (Fsp3) is 0.700. The van der Waals surface area contributed by atoms with E-state index >= 15 is 0 Å². The van der Waals surface area contributed by atoms with Gasteiger partial charge in [0.25, 0.3) is 0 Å². The van der Waals surface area contributed by atoms with Crippen LogP contribution in [0.3, 0.4) is 0 Å². The summed E-state index contributed by atoms with van der Waals surface area (Å²) in [5.74, 6) is 0.665. The van der Waals surface area contributed by atoms with Crippen molar-refractivity contribution in [3.8, 4) is 0 Å². The number of hydrogen-bond acceptors (Lipinski definition) is 3. The van der Waals surface area contributed by atoms with Crippen molar-refractivity contribution in [1.82, 2.24) is 0 Å². The van der Waals surface area contributed by atoms with Crippen LogP contribution in [0.15, 0.2) is 11.8 Å². The molecule has 0 saturated carbocycles. The molecule has 2 bridgehead atoms. The summed E-state index contributed by atoms with van der Waals surface area (Å²) in [6.45, 7) is 1.80. The summed E-state index contributed by atoms with van der Waals surface area (Å²) in [5.41, 5.74) is 0. The van der Waals surface area contributed by atoms with Crippen LogP contribution < -0.4 is 0 Å². The number of carbonyl (C=O) groups excluding carboxylic acids is 1. The van der Waals surface area contributed by atoms with Crippen LogP contribution in [0.2, 0.25) is 0 Å². The molecule has 1 fully saturated rings. The van der Waals surface area contributed by atoms with Crippen molar-refractivity contribution in [3.63, 3.8) is 0 Å². The third kappa shape index (κ3) is 1.91. The fourth-order valence-corrected chi connectivity index (χ4v) is 1.80. The molecular formula is C10H14O3. The average Bonchev–Trinajstić information content (AvgIpc) is 2.46. The summed E-state index contributed by atoms with van der Waals surface area (Å²) >= 11 is 0. The third-order valence-electron chi connectivity index (χ3n) is 2.47. The molecule has 0 aliphatic carbocycles. The summed E-state index contributed by atoms with van der Waals surface area (Å²) in [5, 5.41) is 0. The summed E-state index contributed by atoms with van der Waals surface area (Å²) in [6, 6.07) is 0. The molecular weight excluding hydrogens is 168 g/mol. The predicted molar refractivity (Wildman–Crippen MR) is 47.0 cm³/mol. The molecule has 72 valence electrons. The van der Waals surface area contributed by atoms with Crippen LogP contribution in [0.5, 0.6) is 0 Å². The lowest BCUT2D eigenvalue weighted by Crippen LogP contribution is -2.18. The van der Waals surface area contributed by atoms with Gasteiger partial charge in [0.2, 0.25) is 0 Å². The zero-order valence-electron chi connectivity index (χ0n) is 7.79. The maximum Gasteiger partial charge on any atom is 0.310 e. The van der Waals surface area contributed by atoms with E-state index in [1.165, 1.54) is 0 Å². The Labute approximate surface area is 77.7 Å². The van der Waals surface area contributed by atoms with E-state index in [-0.39, 0.29) is 18.2 Å². The Morgan fingerprint density at radius 2 is 2.54 bits per heavy atom. The Hall–Kier alpha value is -0.830. The maximum atomic E-state index is 11.0. The second kappa shape index (κ2) is 3.50. The second-order valence-electron chi connectivity index (χ2n) is 3.54. The fourth-order valence-electron chi connectivity index (χ4n) is 1.80. The van der Waals surface area contributed by atoms with E-state index in [9.17, 15) is 4.79 Å². The molecule has 0 aromatic rings. The van der Waals surface area contributed by atoms with Crippen molar-refractivity contribution in [3.05, 3.63) is 11.8 Å². The molecule has 0 amide bonds. The lowest BCUT2D eigenvalue weighted by Gasteiger charge is -2.19. The van der Waals surface area contributed by atoms with Gasteiger partial charge in [-0.2, -0.15) is 0 Å². The van der Waals surface area contributed by atoms with Gasteiger partial charge in [0.1, 0.15) is 5.76 Å². The van der Waals surface area contributed by atoms with Crippen molar-refractivity contribution < 1.29 is 14.3 Å². The predicted octanol–water partition coefficient (Wildman–Crippen LogP) is 1.77. The summed E-state index contributed by atoms with van der Waals surface area (Å²) < 4.78 is 10.7. The van der Waals surface area contributed by atoms with Crippen LogP contribution in [-0.2, 0) is 14.3 Å². The van der Waals surface area contributed by atoms with Gasteiger partial charge in [0.15, 0.2) is 0 Å². The Bertz CT molecular complexity index is 245. The highest BCUT2D eigenvalue weighted by molar-refractivity contribution is 5.70. The van der Waals surface area contributed by atoms with Gasteiger partial charge in [-0.25, -0.2) is 0 Å². The van der Waals surface area contributed by atoms with Crippen molar-refractivity contribution in [2.45, 2.75) is 44.8 Å². The van der Waals surface area contributed by atoms with E-state index in [2.05, 4.69) is 0 Å². The van der Waals surface area contributed by atoms with Gasteiger partial charge in [0.05, 0.1) is 12.2 Å². The third-order valence-corrected chi connectivity index (χ3v) is 2.47. The van der Waals surface area contributed by atoms with Gasteiger partial charge < -0.3 is 9.47 Å². The number of ether oxygens (including phenoxy) is 2. The lowest BCUT2D eigenvalue weighted by molar-refractivity contribution is -0.140. The highest BCUT2D eigenvalue weighted by Gasteiger charge is 2.30. The van der Waals surface area contributed by atoms with E-state index in [0.717, 1.165) is 25.0 Å². The first-order chi connectivity index (χ1) is 6.28. The van der Waals surface area contributed by atoms with Crippen LogP contribution in [0, 0.1) is 0 Å². The largest absolute Gasteiger partial charge is 0.431 e. The summed E-state index contributed by atoms with van der Waals surface area (Å²) in [6.07, 6.45) is 5.78. The smallest absolute Gasteiger partial charge is 0.310 e. The van der Waals surface area contributed by atoms with Crippen LogP contribution in [0.25, 0.3) is 0 Å². The van der Waals surface area contributed by atoms with Crippen LogP contribution in [0.4, 0.5) is 0 Å². The van der Waals surface area contributed by atoms with Gasteiger partial charge in [0, 0.05) is 12.8 Å². The standard InChI is InChI=1S/C10H14O3/c1-2-10(11)13-9-5-7-3-4-8(6-9)12-7/h5,7-8H,2-4,6H2,1H3. The highest BCUT2D eigenvalue weighted by atomic mass is 16.5. The Balaban J connectivity index is 1.97. The first-order valence-electron chi connectivity index (χ1n) is 4.84. The SMILES string of the molecule is CCC(=O)OC1=CC2CCC(C1)O2. The number of carbonyl (C=O) groups is 1. The van der Waals surface area contributed by atoms with Crippen molar-refractivity contribution in [2.75, 3.05) is 0 Å². The molecule has 2 atom stereocenters. The monoisotopic (exact) mass is 182 g/mol. The average molecular weight is 182 g/mol. The van der Waals surface area contributed by atoms with Crippen molar-refractivity contribution in [2.24, 2.45) is 0 Å². The Morgan fingerprint density at radius 1 is 1.69 bits per heavy atom. The van der Waals surface area contributed by atoms with E-state index in [1.807, 2.05) is 6.08 Å². The van der Waals surface area contributed by atoms with Gasteiger partial charge in [-0.05, 0) is 18.9 Å². The first kappa shape index (κ1) is 8.75. The van der Waals surface area contributed by atoms with Gasteiger partial charge in [-0.3, -0.25) is 4.79 Å². The number of rotatable bonds is 2. The van der Waals surface area contributed by atoms with Crippen LogP contribution in [0.1, 0.15) is 32.6 Å². The molecule has 3 nitrogen and oxygen atoms in total. The van der Waals surface area contributed by atoms with Crippen LogP contribution >= 0.6 is 0 Å². The molecule has 2 aliphatic heterocycles. The molecule has 13 heavy (non-hydrogen) atoms. The summed E-state index contributed by atoms with van der Waals surface area (Å²) in [4.78, 5) is 11.0. The molecule has 0 spiro atoms. The number of esters is 1. The molecule has 2 aliphatic rings. The molecule has 2 heterocycles. The quantitative estimate of drug-likeness (QED) is 0.610. The highest BCUT2D eigenvalue weighted by Crippen LogP contribution is 2.31. The number of hydrogen-bond donors (Lipinski definition) is 0. The molecule has 0 aromatic heterocycles. The minimum Gasteiger partial charge on any atom is -0.431 e. The molecule has 2 rings (SSSR count). The normalized spacial score (nSPS) is 31.3. The van der Waals surface area contributed by atoms with Crippen molar-refractivity contribution in [1.29, 1.82) is 0 Å². The van der Waals surface area contributed by atoms with E-state index in [4.69, 9.17) is 9.47 Å². The van der Waals surface area contributed by atoms with E-state index < -0.39 is 0 Å². The van der Waals surface area contributed by atoms with E-state index in [0.29, 0.717) is 6.42 Å². The molecule has 1 saturated heterocycles. The van der Waals surface area contributed by atoms with E-state index in [1.54, 1.807) is 6.92 Å². The minimum absolute atomic E-state index is 0.146. The zero-order valence-corrected chi connectivity index (χ0v) is 7.79. The second-order valence-corrected chi connectivity index (χ2v) is 3.54. The molecule has 0 N–H and O–H groups in total. The van der Waals surface area contributed by atoms with Crippen LogP contribution in [-0.4, -0.2) is 18.2 Å². The molecule has 0 aromatic carbocycles. The lowest BCUT2D eigenvalue weighted by atomic mass is 10.2. The molecule has 0 radical (unpaired) electrons. The van der Waals surface area contributed by atoms with Gasteiger partial charge in [-0.1, -0.05) is 6.92 Å².